The van der Waals surface area contributed by atoms with Crippen molar-refractivity contribution < 1.29 is 22.0 Å². The molecular weight excluding hydrogens is 314 g/mol. The van der Waals surface area contributed by atoms with Crippen molar-refractivity contribution in [1.82, 2.24) is 5.32 Å². The zero-order valence-electron chi connectivity index (χ0n) is 11.7. The van der Waals surface area contributed by atoms with Crippen molar-refractivity contribution in [2.24, 2.45) is 0 Å². The number of rotatable bonds is 1. The quantitative estimate of drug-likeness (QED) is 0.817. The number of benzene rings is 1. The van der Waals surface area contributed by atoms with Crippen LogP contribution in [0.25, 0.3) is 11.6 Å². The van der Waals surface area contributed by atoms with Crippen LogP contribution in [0, 0.1) is 5.82 Å². The van der Waals surface area contributed by atoms with E-state index in [1.165, 1.54) is 24.3 Å². The van der Waals surface area contributed by atoms with Gasteiger partial charge in [0.25, 0.3) is 0 Å². The van der Waals surface area contributed by atoms with Crippen molar-refractivity contribution in [3.63, 3.8) is 0 Å². The van der Waals surface area contributed by atoms with Crippen molar-refractivity contribution in [1.29, 1.82) is 0 Å². The summed E-state index contributed by atoms with van der Waals surface area (Å²) < 4.78 is 57.2. The van der Waals surface area contributed by atoms with Crippen LogP contribution in [0.5, 0.6) is 0 Å². The zero-order chi connectivity index (χ0) is 16.6. The number of alkyl halides is 3. The normalized spacial score (nSPS) is 16.4. The van der Waals surface area contributed by atoms with Gasteiger partial charge in [0.1, 0.15) is 11.6 Å². The van der Waals surface area contributed by atoms with E-state index in [1.54, 1.807) is 6.08 Å². The molecule has 1 aliphatic rings. The Kier molecular flexibility index (Phi) is 3.81. The highest BCUT2D eigenvalue weighted by atomic mass is 19.4. The first-order chi connectivity index (χ1) is 10.8. The van der Waals surface area contributed by atoms with Gasteiger partial charge in [-0.2, -0.15) is 13.2 Å². The molecule has 0 saturated carbocycles. The largest absolute Gasteiger partial charge is 0.423 e. The molecule has 1 N–H and O–H groups in total. The lowest BCUT2D eigenvalue weighted by Crippen LogP contribution is -2.28. The summed E-state index contributed by atoms with van der Waals surface area (Å²) in [5.74, 6) is -0.492. The van der Waals surface area contributed by atoms with Gasteiger partial charge in [0, 0.05) is 30.3 Å². The molecule has 0 aliphatic carbocycles. The molecule has 2 aromatic rings. The molecule has 1 aromatic heterocycles. The van der Waals surface area contributed by atoms with Crippen LogP contribution in [0.15, 0.2) is 39.5 Å². The van der Waals surface area contributed by atoms with E-state index in [-0.39, 0.29) is 24.4 Å². The maximum atomic E-state index is 13.1. The lowest BCUT2D eigenvalue weighted by molar-refractivity contribution is -0.138. The molecule has 0 unspecified atom stereocenters. The fraction of sp³-hybridized carbons (Fsp3) is 0.188. The van der Waals surface area contributed by atoms with Crippen LogP contribution in [-0.4, -0.2) is 6.54 Å². The van der Waals surface area contributed by atoms with Crippen molar-refractivity contribution in [2.75, 3.05) is 6.54 Å². The minimum atomic E-state index is -4.64. The van der Waals surface area contributed by atoms with Crippen LogP contribution in [0.1, 0.15) is 22.5 Å². The maximum absolute atomic E-state index is 13.1. The summed E-state index contributed by atoms with van der Waals surface area (Å²) in [7, 11) is 0. The van der Waals surface area contributed by atoms with Crippen molar-refractivity contribution in [3.05, 3.63) is 69.0 Å². The van der Waals surface area contributed by atoms with Gasteiger partial charge in [-0.15, -0.1) is 0 Å². The van der Waals surface area contributed by atoms with Crippen LogP contribution in [0.2, 0.25) is 0 Å². The average Bonchev–Trinajstić information content (AvgIpc) is 2.48. The molecule has 0 saturated heterocycles. The highest BCUT2D eigenvalue weighted by Gasteiger charge is 2.37. The Bertz CT molecular complexity index is 819. The molecular formula is C16H11F4NO2. The van der Waals surface area contributed by atoms with Crippen LogP contribution in [-0.2, 0) is 12.7 Å². The molecule has 7 heteroatoms. The maximum Gasteiger partial charge on any atom is 0.417 e. The molecule has 0 fully saturated rings. The SMILES string of the molecule is O=c1cc(C(F)(F)F)c2c(o1)/C(=C/c1ccc(F)cc1)CNC2. The molecule has 1 aromatic carbocycles. The van der Waals surface area contributed by atoms with Gasteiger partial charge in [0.2, 0.25) is 0 Å². The summed E-state index contributed by atoms with van der Waals surface area (Å²) in [6, 6.07) is 5.92. The van der Waals surface area contributed by atoms with Gasteiger partial charge in [-0.3, -0.25) is 0 Å². The number of halogens is 4. The van der Waals surface area contributed by atoms with E-state index in [4.69, 9.17) is 4.42 Å². The third-order valence-electron chi connectivity index (χ3n) is 3.49. The monoisotopic (exact) mass is 325 g/mol. The Labute approximate surface area is 128 Å². The molecule has 1 aliphatic heterocycles. The lowest BCUT2D eigenvalue weighted by atomic mass is 9.97. The van der Waals surface area contributed by atoms with Crippen molar-refractivity contribution in [3.8, 4) is 0 Å². The second-order valence-corrected chi connectivity index (χ2v) is 5.11. The average molecular weight is 325 g/mol. The Morgan fingerprint density at radius 1 is 1.13 bits per heavy atom. The van der Waals surface area contributed by atoms with E-state index in [2.05, 4.69) is 5.32 Å². The van der Waals surface area contributed by atoms with E-state index in [0.717, 1.165) is 0 Å². The molecule has 0 atom stereocenters. The summed E-state index contributed by atoms with van der Waals surface area (Å²) in [5, 5.41) is 2.85. The zero-order valence-corrected chi connectivity index (χ0v) is 11.7. The summed E-state index contributed by atoms with van der Waals surface area (Å²) in [5.41, 5.74) is -1.15. The molecule has 23 heavy (non-hydrogen) atoms. The number of nitrogens with one attached hydrogen (secondary N) is 1. The minimum Gasteiger partial charge on any atom is -0.423 e. The van der Waals surface area contributed by atoms with Gasteiger partial charge in [0.15, 0.2) is 0 Å². The predicted octanol–water partition coefficient (Wildman–Crippen LogP) is 3.44. The van der Waals surface area contributed by atoms with E-state index >= 15 is 0 Å². The minimum absolute atomic E-state index is 0.0469. The lowest BCUT2D eigenvalue weighted by Gasteiger charge is -2.22. The first-order valence-electron chi connectivity index (χ1n) is 6.76. The van der Waals surface area contributed by atoms with E-state index in [0.29, 0.717) is 17.2 Å². The number of hydrogen-bond donors (Lipinski definition) is 1. The van der Waals surface area contributed by atoms with Gasteiger partial charge in [-0.25, -0.2) is 9.18 Å². The third kappa shape index (κ3) is 3.19. The van der Waals surface area contributed by atoms with E-state index in [1.807, 2.05) is 0 Å². The first kappa shape index (κ1) is 15.5. The molecule has 120 valence electrons. The van der Waals surface area contributed by atoms with Gasteiger partial charge in [0.05, 0.1) is 5.56 Å². The highest BCUT2D eigenvalue weighted by Crippen LogP contribution is 2.36. The van der Waals surface area contributed by atoms with Crippen LogP contribution < -0.4 is 10.9 Å². The van der Waals surface area contributed by atoms with E-state index in [9.17, 15) is 22.4 Å². The smallest absolute Gasteiger partial charge is 0.417 e. The molecule has 0 radical (unpaired) electrons. The molecule has 3 nitrogen and oxygen atoms in total. The Hall–Kier alpha value is -2.41. The van der Waals surface area contributed by atoms with Gasteiger partial charge in [-0.05, 0) is 23.8 Å². The summed E-state index contributed by atoms with van der Waals surface area (Å²) in [6.07, 6.45) is -3.08. The van der Waals surface area contributed by atoms with Crippen LogP contribution >= 0.6 is 0 Å². The number of fused-ring (bicyclic) bond motifs is 1. The van der Waals surface area contributed by atoms with Gasteiger partial charge < -0.3 is 9.73 Å². The summed E-state index contributed by atoms with van der Waals surface area (Å²) >= 11 is 0. The molecule has 3 rings (SSSR count). The number of hydrogen-bond acceptors (Lipinski definition) is 3. The highest BCUT2D eigenvalue weighted by molar-refractivity contribution is 5.82. The fourth-order valence-electron chi connectivity index (χ4n) is 2.49. The molecule has 0 spiro atoms. The Balaban J connectivity index is 2.14. The van der Waals surface area contributed by atoms with Gasteiger partial charge in [-0.1, -0.05) is 12.1 Å². The fourth-order valence-corrected chi connectivity index (χ4v) is 2.49. The standard InChI is InChI=1S/C16H11F4NO2/c17-11-3-1-9(2-4-11)5-10-7-21-8-12-13(16(18,19)20)6-14(22)23-15(10)12/h1-6,21H,7-8H2/b10-5+. The predicted molar refractivity (Wildman–Crippen MR) is 76.0 cm³/mol. The first-order valence-corrected chi connectivity index (χ1v) is 6.76. The van der Waals surface area contributed by atoms with Gasteiger partial charge >= 0.3 is 11.8 Å². The Morgan fingerprint density at radius 2 is 1.83 bits per heavy atom. The third-order valence-corrected chi connectivity index (χ3v) is 3.49. The second kappa shape index (κ2) is 5.66. The Morgan fingerprint density at radius 3 is 2.48 bits per heavy atom. The second-order valence-electron chi connectivity index (χ2n) is 5.11. The van der Waals surface area contributed by atoms with Crippen LogP contribution in [0.3, 0.4) is 0 Å². The molecule has 0 amide bonds. The van der Waals surface area contributed by atoms with Crippen LogP contribution in [0.4, 0.5) is 17.6 Å². The topological polar surface area (TPSA) is 42.2 Å². The summed E-state index contributed by atoms with van der Waals surface area (Å²) in [4.78, 5) is 11.5. The van der Waals surface area contributed by atoms with Crippen molar-refractivity contribution >= 4 is 11.6 Å². The van der Waals surface area contributed by atoms with Crippen molar-refractivity contribution in [2.45, 2.75) is 12.7 Å². The van der Waals surface area contributed by atoms with E-state index < -0.39 is 23.2 Å². The molecule has 2 heterocycles. The molecule has 0 bridgehead atoms. The summed E-state index contributed by atoms with van der Waals surface area (Å²) in [6.45, 7) is 0.198.